The van der Waals surface area contributed by atoms with E-state index in [0.717, 1.165) is 34.5 Å². The molecule has 0 spiro atoms. The summed E-state index contributed by atoms with van der Waals surface area (Å²) in [6, 6.07) is 12.3. The highest BCUT2D eigenvalue weighted by molar-refractivity contribution is 7.91. The lowest BCUT2D eigenvalue weighted by Gasteiger charge is -2.21. The van der Waals surface area contributed by atoms with E-state index in [1.807, 2.05) is 44.1 Å². The number of hydrogen-bond donors (Lipinski definition) is 0. The van der Waals surface area contributed by atoms with Crippen LogP contribution in [0.4, 0.5) is 5.13 Å². The molecule has 3 rings (SSSR count). The monoisotopic (exact) mass is 511 g/mol. The first kappa shape index (κ1) is 27.0. The predicted octanol–water partition coefficient (Wildman–Crippen LogP) is 4.18. The fourth-order valence-corrected chi connectivity index (χ4v) is 5.49. The van der Waals surface area contributed by atoms with E-state index in [4.69, 9.17) is 4.74 Å². The molecule has 7 nitrogen and oxygen atoms in total. The van der Waals surface area contributed by atoms with E-state index in [1.54, 1.807) is 36.3 Å². The number of fused-ring (bicyclic) bond motifs is 1. The van der Waals surface area contributed by atoms with Crippen LogP contribution in [0.3, 0.4) is 0 Å². The van der Waals surface area contributed by atoms with Gasteiger partial charge in [0, 0.05) is 13.0 Å². The number of ether oxygens (including phenoxy) is 1. The minimum atomic E-state index is -3.54. The molecule has 10 heteroatoms. The molecule has 0 N–H and O–H groups in total. The molecular formula is C23H30ClN3O4S2. The summed E-state index contributed by atoms with van der Waals surface area (Å²) in [4.78, 5) is 21.7. The van der Waals surface area contributed by atoms with Crippen molar-refractivity contribution in [2.24, 2.45) is 0 Å². The lowest BCUT2D eigenvalue weighted by atomic mass is 10.2. The van der Waals surface area contributed by atoms with E-state index < -0.39 is 9.84 Å². The summed E-state index contributed by atoms with van der Waals surface area (Å²) >= 11 is 1.40. The Balaban J connectivity index is 0.00000385. The molecule has 0 fully saturated rings. The van der Waals surface area contributed by atoms with Crippen molar-refractivity contribution >= 4 is 54.8 Å². The number of amides is 1. The third-order valence-electron chi connectivity index (χ3n) is 5.07. The van der Waals surface area contributed by atoms with Crippen LogP contribution in [0.25, 0.3) is 10.2 Å². The highest BCUT2D eigenvalue weighted by atomic mass is 35.5. The standard InChI is InChI=1S/C23H29N3O4S2.ClH/c1-17-6-9-19(10-7-17)32(28,29)15-12-22(27)26(14-5-13-25(2)3)23-24-20-11-8-18(30-4)16-21(20)31-23;/h6-11,16H,5,12-15H2,1-4H3;1H. The van der Waals surface area contributed by atoms with E-state index in [2.05, 4.69) is 4.98 Å². The zero-order chi connectivity index (χ0) is 23.3. The maximum atomic E-state index is 13.1. The van der Waals surface area contributed by atoms with Gasteiger partial charge in [0.1, 0.15) is 5.75 Å². The number of carbonyl (C=O) groups excluding carboxylic acids is 1. The Morgan fingerprint density at radius 2 is 1.79 bits per heavy atom. The lowest BCUT2D eigenvalue weighted by molar-refractivity contribution is -0.118. The maximum absolute atomic E-state index is 13.1. The van der Waals surface area contributed by atoms with E-state index in [9.17, 15) is 13.2 Å². The molecular weight excluding hydrogens is 482 g/mol. The number of halogens is 1. The van der Waals surface area contributed by atoms with Crippen molar-refractivity contribution in [3.63, 3.8) is 0 Å². The van der Waals surface area contributed by atoms with Gasteiger partial charge >= 0.3 is 0 Å². The van der Waals surface area contributed by atoms with Gasteiger partial charge in [0.05, 0.1) is 28.0 Å². The lowest BCUT2D eigenvalue weighted by Crippen LogP contribution is -2.34. The van der Waals surface area contributed by atoms with Crippen molar-refractivity contribution in [3.05, 3.63) is 48.0 Å². The van der Waals surface area contributed by atoms with Crippen LogP contribution in [0.5, 0.6) is 5.75 Å². The van der Waals surface area contributed by atoms with E-state index in [1.165, 1.54) is 11.3 Å². The predicted molar refractivity (Wildman–Crippen MR) is 137 cm³/mol. The fourth-order valence-electron chi connectivity index (χ4n) is 3.23. The molecule has 1 heterocycles. The SMILES string of the molecule is COc1ccc2nc(N(CCCN(C)C)C(=O)CCS(=O)(=O)c3ccc(C)cc3)sc2c1.Cl. The van der Waals surface area contributed by atoms with Gasteiger partial charge in [0.25, 0.3) is 0 Å². The molecule has 180 valence electrons. The van der Waals surface area contributed by atoms with E-state index in [0.29, 0.717) is 11.7 Å². The van der Waals surface area contributed by atoms with Gasteiger partial charge in [-0.1, -0.05) is 29.0 Å². The molecule has 0 aliphatic heterocycles. The Morgan fingerprint density at radius 1 is 1.09 bits per heavy atom. The van der Waals surface area contributed by atoms with E-state index >= 15 is 0 Å². The van der Waals surface area contributed by atoms with Gasteiger partial charge in [0.2, 0.25) is 5.91 Å². The average Bonchev–Trinajstić information content (AvgIpc) is 3.18. The molecule has 0 radical (unpaired) electrons. The number of thiazole rings is 1. The van der Waals surface area contributed by atoms with Crippen molar-refractivity contribution in [1.29, 1.82) is 0 Å². The Hall–Kier alpha value is -2.20. The number of sulfone groups is 1. The normalized spacial score (nSPS) is 11.4. The van der Waals surface area contributed by atoms with Crippen molar-refractivity contribution < 1.29 is 17.9 Å². The van der Waals surface area contributed by atoms with Gasteiger partial charge in [-0.25, -0.2) is 13.4 Å². The molecule has 0 saturated heterocycles. The number of methoxy groups -OCH3 is 1. The van der Waals surface area contributed by atoms with Crippen LogP contribution < -0.4 is 9.64 Å². The molecule has 3 aromatic rings. The smallest absolute Gasteiger partial charge is 0.229 e. The highest BCUT2D eigenvalue weighted by Crippen LogP contribution is 2.32. The Labute approximate surface area is 205 Å². The van der Waals surface area contributed by atoms with Crippen molar-refractivity contribution in [1.82, 2.24) is 9.88 Å². The Bertz CT molecular complexity index is 1180. The van der Waals surface area contributed by atoms with Crippen molar-refractivity contribution in [2.75, 3.05) is 44.9 Å². The van der Waals surface area contributed by atoms with E-state index in [-0.39, 0.29) is 35.4 Å². The third kappa shape index (κ3) is 7.14. The molecule has 0 aliphatic rings. The molecule has 0 atom stereocenters. The number of benzene rings is 2. The summed E-state index contributed by atoms with van der Waals surface area (Å²) < 4.78 is 31.6. The van der Waals surface area contributed by atoms with Crippen molar-refractivity contribution in [2.45, 2.75) is 24.7 Å². The summed E-state index contributed by atoms with van der Waals surface area (Å²) in [6.07, 6.45) is 0.653. The first-order chi connectivity index (χ1) is 15.2. The second-order valence-electron chi connectivity index (χ2n) is 7.91. The van der Waals surface area contributed by atoms with Crippen LogP contribution in [0, 0.1) is 6.92 Å². The van der Waals surface area contributed by atoms with Crippen molar-refractivity contribution in [3.8, 4) is 5.75 Å². The van der Waals surface area contributed by atoms with Gasteiger partial charge < -0.3 is 9.64 Å². The average molecular weight is 512 g/mol. The number of aromatic nitrogens is 1. The minimum Gasteiger partial charge on any atom is -0.497 e. The number of carbonyl (C=O) groups is 1. The molecule has 0 aliphatic carbocycles. The number of rotatable bonds is 10. The Morgan fingerprint density at radius 3 is 2.42 bits per heavy atom. The van der Waals surface area contributed by atoms with Crippen LogP contribution in [0.15, 0.2) is 47.4 Å². The quantitative estimate of drug-likeness (QED) is 0.406. The summed E-state index contributed by atoms with van der Waals surface area (Å²) in [5, 5.41) is 0.574. The topological polar surface area (TPSA) is 79.8 Å². The number of anilines is 1. The summed E-state index contributed by atoms with van der Waals surface area (Å²) in [5.74, 6) is 0.241. The van der Waals surface area contributed by atoms with Crippen LogP contribution in [-0.4, -0.2) is 64.3 Å². The zero-order valence-corrected chi connectivity index (χ0v) is 21.7. The maximum Gasteiger partial charge on any atom is 0.229 e. The largest absolute Gasteiger partial charge is 0.497 e. The van der Waals surface area contributed by atoms with Crippen LogP contribution in [-0.2, 0) is 14.6 Å². The number of hydrogen-bond acceptors (Lipinski definition) is 7. The summed E-state index contributed by atoms with van der Waals surface area (Å²) in [5.41, 5.74) is 1.77. The first-order valence-electron chi connectivity index (χ1n) is 10.4. The van der Waals surface area contributed by atoms with Crippen LogP contribution in [0.2, 0.25) is 0 Å². The molecule has 0 saturated carbocycles. The molecule has 1 aromatic heterocycles. The fraction of sp³-hybridized carbons (Fsp3) is 0.391. The van der Waals surface area contributed by atoms with Gasteiger partial charge in [0.15, 0.2) is 15.0 Å². The van der Waals surface area contributed by atoms with Gasteiger partial charge in [-0.15, -0.1) is 12.4 Å². The van der Waals surface area contributed by atoms with Gasteiger partial charge in [-0.3, -0.25) is 9.69 Å². The summed E-state index contributed by atoms with van der Waals surface area (Å²) in [6.45, 7) is 3.18. The molecule has 0 unspecified atom stereocenters. The van der Waals surface area contributed by atoms with Gasteiger partial charge in [-0.2, -0.15) is 0 Å². The van der Waals surface area contributed by atoms with Crippen LogP contribution >= 0.6 is 23.7 Å². The molecule has 0 bridgehead atoms. The second kappa shape index (κ2) is 11.8. The van der Waals surface area contributed by atoms with Crippen LogP contribution in [0.1, 0.15) is 18.4 Å². The minimum absolute atomic E-state index is 0. The van der Waals surface area contributed by atoms with Gasteiger partial charge in [-0.05, 0) is 64.3 Å². The first-order valence-corrected chi connectivity index (χ1v) is 12.9. The highest BCUT2D eigenvalue weighted by Gasteiger charge is 2.23. The second-order valence-corrected chi connectivity index (χ2v) is 11.0. The summed E-state index contributed by atoms with van der Waals surface area (Å²) in [7, 11) is 2.01. The molecule has 2 aromatic carbocycles. The number of nitrogens with zero attached hydrogens (tertiary/aromatic N) is 3. The Kier molecular flexibility index (Phi) is 9.66. The zero-order valence-electron chi connectivity index (χ0n) is 19.3. The molecule has 33 heavy (non-hydrogen) atoms. The third-order valence-corrected chi connectivity index (χ3v) is 7.84. The molecule has 1 amide bonds. The number of aryl methyl sites for hydroxylation is 1.